The number of allylic oxidation sites excluding steroid dienone is 1. The van der Waals surface area contributed by atoms with Crippen LogP contribution in [0.4, 0.5) is 11.6 Å². The fourth-order valence-electron chi connectivity index (χ4n) is 4.34. The van der Waals surface area contributed by atoms with Crippen molar-refractivity contribution in [3.05, 3.63) is 99.2 Å². The van der Waals surface area contributed by atoms with E-state index >= 15 is 0 Å². The number of rotatable bonds is 5. The van der Waals surface area contributed by atoms with E-state index in [1.807, 2.05) is 61.5 Å². The van der Waals surface area contributed by atoms with Crippen LogP contribution in [0.5, 0.6) is 5.75 Å². The number of hydrogen-bond acceptors (Lipinski definition) is 5. The number of carbonyl (C=O) groups is 1. The molecule has 0 saturated carbocycles. The Balaban J connectivity index is 1.60. The van der Waals surface area contributed by atoms with E-state index in [9.17, 15) is 4.79 Å². The van der Waals surface area contributed by atoms with Gasteiger partial charge in [0.15, 0.2) is 5.82 Å². The van der Waals surface area contributed by atoms with Gasteiger partial charge in [0, 0.05) is 15.7 Å². The van der Waals surface area contributed by atoms with Gasteiger partial charge in [-0.05, 0) is 67.8 Å². The SMILES string of the molecule is COc1ccccc1NC(=O)C1=C(C)Nc2nc(-c3ccc(C)c(C)c3)nn2C1c1ccc(Br)cc1. The average Bonchev–Trinajstić information content (AvgIpc) is 3.29. The van der Waals surface area contributed by atoms with Crippen molar-refractivity contribution in [2.45, 2.75) is 26.8 Å². The number of anilines is 2. The highest BCUT2D eigenvalue weighted by molar-refractivity contribution is 9.10. The lowest BCUT2D eigenvalue weighted by Gasteiger charge is -2.29. The molecule has 1 aromatic heterocycles. The van der Waals surface area contributed by atoms with Crippen LogP contribution >= 0.6 is 15.9 Å². The van der Waals surface area contributed by atoms with E-state index in [4.69, 9.17) is 14.8 Å². The molecule has 1 unspecified atom stereocenters. The maximum atomic E-state index is 13.7. The summed E-state index contributed by atoms with van der Waals surface area (Å²) in [4.78, 5) is 18.5. The molecule has 0 bridgehead atoms. The third-order valence-electron chi connectivity index (χ3n) is 6.40. The largest absolute Gasteiger partial charge is 0.495 e. The van der Waals surface area contributed by atoms with E-state index in [1.54, 1.807) is 11.8 Å². The van der Waals surface area contributed by atoms with Crippen molar-refractivity contribution in [3.8, 4) is 17.1 Å². The van der Waals surface area contributed by atoms with Crippen molar-refractivity contribution in [1.29, 1.82) is 0 Å². The van der Waals surface area contributed by atoms with Crippen LogP contribution in [-0.2, 0) is 4.79 Å². The second-order valence-electron chi connectivity index (χ2n) is 8.77. The summed E-state index contributed by atoms with van der Waals surface area (Å²) in [6, 6.07) is 21.0. The van der Waals surface area contributed by atoms with Gasteiger partial charge < -0.3 is 15.4 Å². The van der Waals surface area contributed by atoms with E-state index in [0.717, 1.165) is 15.6 Å². The fourth-order valence-corrected chi connectivity index (χ4v) is 4.60. The standard InChI is InChI=1S/C28H26BrN5O2/c1-16-9-10-20(15-17(16)2)26-32-28-30-18(3)24(27(35)31-22-7-5-6-8-23(22)36-4)25(34(28)33-26)19-11-13-21(29)14-12-19/h5-15,25H,1-4H3,(H,31,35)(H,30,32,33). The number of amides is 1. The van der Waals surface area contributed by atoms with Gasteiger partial charge in [0.1, 0.15) is 11.8 Å². The highest BCUT2D eigenvalue weighted by Crippen LogP contribution is 2.38. The van der Waals surface area contributed by atoms with Gasteiger partial charge in [0.2, 0.25) is 5.95 Å². The minimum Gasteiger partial charge on any atom is -0.495 e. The minimum absolute atomic E-state index is 0.244. The molecule has 0 saturated heterocycles. The zero-order chi connectivity index (χ0) is 25.4. The number of benzene rings is 3. The molecule has 1 amide bonds. The first-order chi connectivity index (χ1) is 17.4. The molecule has 4 aromatic rings. The minimum atomic E-state index is -0.475. The Bertz CT molecular complexity index is 1490. The number of aromatic nitrogens is 3. The molecule has 5 rings (SSSR count). The maximum Gasteiger partial charge on any atom is 0.255 e. The van der Waals surface area contributed by atoms with E-state index in [1.165, 1.54) is 11.1 Å². The van der Waals surface area contributed by atoms with Gasteiger partial charge in [-0.25, -0.2) is 4.68 Å². The van der Waals surface area contributed by atoms with Gasteiger partial charge >= 0.3 is 0 Å². The van der Waals surface area contributed by atoms with Crippen LogP contribution in [0.25, 0.3) is 11.4 Å². The average molecular weight is 544 g/mol. The number of aryl methyl sites for hydroxylation is 2. The number of halogens is 1. The van der Waals surface area contributed by atoms with Crippen molar-refractivity contribution >= 4 is 33.5 Å². The summed E-state index contributed by atoms with van der Waals surface area (Å²) >= 11 is 3.51. The van der Waals surface area contributed by atoms with Crippen LogP contribution < -0.4 is 15.4 Å². The Morgan fingerprint density at radius 1 is 1.03 bits per heavy atom. The van der Waals surface area contributed by atoms with Gasteiger partial charge in [-0.1, -0.05) is 52.3 Å². The molecule has 8 heteroatoms. The quantitative estimate of drug-likeness (QED) is 0.310. The lowest BCUT2D eigenvalue weighted by molar-refractivity contribution is -0.113. The normalized spacial score (nSPS) is 14.8. The second-order valence-corrected chi connectivity index (χ2v) is 9.69. The molecule has 36 heavy (non-hydrogen) atoms. The summed E-state index contributed by atoms with van der Waals surface area (Å²) in [6.07, 6.45) is 0. The van der Waals surface area contributed by atoms with Gasteiger partial charge in [-0.15, -0.1) is 5.10 Å². The Morgan fingerprint density at radius 2 is 1.78 bits per heavy atom. The first kappa shape index (κ1) is 23.8. The molecule has 2 N–H and O–H groups in total. The van der Waals surface area contributed by atoms with Crippen molar-refractivity contribution in [3.63, 3.8) is 0 Å². The molecule has 1 atom stereocenters. The smallest absolute Gasteiger partial charge is 0.255 e. The predicted molar refractivity (Wildman–Crippen MR) is 145 cm³/mol. The zero-order valence-electron chi connectivity index (χ0n) is 20.5. The van der Waals surface area contributed by atoms with Crippen molar-refractivity contribution in [2.24, 2.45) is 0 Å². The molecule has 0 fully saturated rings. The molecule has 0 aliphatic carbocycles. The number of para-hydroxylation sites is 2. The first-order valence-electron chi connectivity index (χ1n) is 11.6. The van der Waals surface area contributed by atoms with Crippen molar-refractivity contribution in [1.82, 2.24) is 14.8 Å². The predicted octanol–water partition coefficient (Wildman–Crippen LogP) is 6.26. The number of nitrogens with one attached hydrogen (secondary N) is 2. The molecular weight excluding hydrogens is 518 g/mol. The molecule has 3 aromatic carbocycles. The monoisotopic (exact) mass is 543 g/mol. The molecular formula is C28H26BrN5O2. The fraction of sp³-hybridized carbons (Fsp3) is 0.179. The van der Waals surface area contributed by atoms with E-state index in [2.05, 4.69) is 52.5 Å². The van der Waals surface area contributed by atoms with Crippen LogP contribution in [-0.4, -0.2) is 27.8 Å². The first-order valence-corrected chi connectivity index (χ1v) is 12.4. The lowest BCUT2D eigenvalue weighted by Crippen LogP contribution is -2.31. The topological polar surface area (TPSA) is 81.1 Å². The zero-order valence-corrected chi connectivity index (χ0v) is 22.1. The third kappa shape index (κ3) is 4.40. The van der Waals surface area contributed by atoms with Gasteiger partial charge in [-0.3, -0.25) is 4.79 Å². The molecule has 0 radical (unpaired) electrons. The van der Waals surface area contributed by atoms with E-state index < -0.39 is 6.04 Å². The van der Waals surface area contributed by atoms with Gasteiger partial charge in [0.25, 0.3) is 5.91 Å². The van der Waals surface area contributed by atoms with Crippen molar-refractivity contribution < 1.29 is 9.53 Å². The molecule has 2 heterocycles. The summed E-state index contributed by atoms with van der Waals surface area (Å²) in [6.45, 7) is 6.04. The number of fused-ring (bicyclic) bond motifs is 1. The van der Waals surface area contributed by atoms with E-state index in [-0.39, 0.29) is 5.91 Å². The van der Waals surface area contributed by atoms with Crippen molar-refractivity contribution in [2.75, 3.05) is 17.7 Å². The number of hydrogen-bond donors (Lipinski definition) is 2. The Kier molecular flexibility index (Phi) is 6.36. The number of nitrogens with zero attached hydrogens (tertiary/aromatic N) is 3. The van der Waals surface area contributed by atoms with Crippen LogP contribution in [0.15, 0.2) is 82.5 Å². The molecule has 1 aliphatic heterocycles. The summed E-state index contributed by atoms with van der Waals surface area (Å²) in [7, 11) is 1.58. The lowest BCUT2D eigenvalue weighted by atomic mass is 9.95. The molecule has 182 valence electrons. The summed E-state index contributed by atoms with van der Waals surface area (Å²) in [5.41, 5.74) is 6.08. The molecule has 7 nitrogen and oxygen atoms in total. The summed E-state index contributed by atoms with van der Waals surface area (Å²) in [5, 5.41) is 11.2. The van der Waals surface area contributed by atoms with Crippen LogP contribution in [0.2, 0.25) is 0 Å². The van der Waals surface area contributed by atoms with Gasteiger partial charge in [0.05, 0.1) is 18.4 Å². The number of methoxy groups -OCH3 is 1. The van der Waals surface area contributed by atoms with E-state index in [0.29, 0.717) is 34.5 Å². The number of ether oxygens (including phenoxy) is 1. The third-order valence-corrected chi connectivity index (χ3v) is 6.93. The molecule has 0 spiro atoms. The highest BCUT2D eigenvalue weighted by Gasteiger charge is 2.34. The van der Waals surface area contributed by atoms with Crippen LogP contribution in [0, 0.1) is 13.8 Å². The van der Waals surface area contributed by atoms with Gasteiger partial charge in [-0.2, -0.15) is 4.98 Å². The second kappa shape index (κ2) is 9.62. The molecule has 1 aliphatic rings. The Hall–Kier alpha value is -3.91. The van der Waals surface area contributed by atoms with Crippen LogP contribution in [0.1, 0.15) is 29.7 Å². The number of carbonyl (C=O) groups excluding carboxylic acids is 1. The Morgan fingerprint density at radius 3 is 2.50 bits per heavy atom. The highest BCUT2D eigenvalue weighted by atomic mass is 79.9. The summed E-state index contributed by atoms with van der Waals surface area (Å²) < 4.78 is 8.18. The summed E-state index contributed by atoms with van der Waals surface area (Å²) in [5.74, 6) is 1.53. The van der Waals surface area contributed by atoms with Crippen LogP contribution in [0.3, 0.4) is 0 Å². The Labute approximate surface area is 218 Å². The maximum absolute atomic E-state index is 13.7.